The second-order valence-corrected chi connectivity index (χ2v) is 5.22. The fourth-order valence-electron chi connectivity index (χ4n) is 1.56. The smallest absolute Gasteiger partial charge is 0.151 e. The van der Waals surface area contributed by atoms with Crippen molar-refractivity contribution in [1.82, 2.24) is 0 Å². The van der Waals surface area contributed by atoms with Gasteiger partial charge >= 0.3 is 0 Å². The van der Waals surface area contributed by atoms with Crippen LogP contribution in [0.3, 0.4) is 0 Å². The van der Waals surface area contributed by atoms with Gasteiger partial charge in [0.1, 0.15) is 5.79 Å². The molecule has 0 saturated carbocycles. The molecule has 129 valence electrons. The maximum Gasteiger partial charge on any atom is 0.151 e. The summed E-state index contributed by atoms with van der Waals surface area (Å²) < 4.78 is 15.0. The normalized spacial score (nSPS) is 11.5. The summed E-state index contributed by atoms with van der Waals surface area (Å²) in [7, 11) is 4.64. The Morgan fingerprint density at radius 1 is 1.22 bits per heavy atom. The van der Waals surface area contributed by atoms with Crippen molar-refractivity contribution in [2.75, 3.05) is 21.3 Å². The molecule has 0 aliphatic rings. The molecule has 1 atom stereocenters. The minimum atomic E-state index is -0.750. The Labute approximate surface area is 165 Å². The third-order valence-corrected chi connectivity index (χ3v) is 3.53. The molecule has 0 spiro atoms. The summed E-state index contributed by atoms with van der Waals surface area (Å²) in [6.45, 7) is 7.52. The number of carbonyl (C=O) groups excluding carboxylic acids is 1. The monoisotopic (exact) mass is 398 g/mol. The molecule has 1 N–H and O–H groups in total. The van der Waals surface area contributed by atoms with E-state index in [0.717, 1.165) is 11.8 Å². The molecule has 23 heavy (non-hydrogen) atoms. The SMILES string of the molecule is COC(C)(OC)C(C)[NH-].COc1cc([C-](C)C)ccc1C=O.[Y]. The zero-order chi connectivity index (χ0) is 17.3. The van der Waals surface area contributed by atoms with E-state index in [-0.39, 0.29) is 38.8 Å². The van der Waals surface area contributed by atoms with Crippen molar-refractivity contribution in [3.8, 4) is 5.75 Å². The van der Waals surface area contributed by atoms with Gasteiger partial charge in [-0.15, -0.1) is 12.1 Å². The van der Waals surface area contributed by atoms with E-state index in [4.69, 9.17) is 19.9 Å². The Hall–Kier alpha value is -0.456. The molecule has 6 heteroatoms. The van der Waals surface area contributed by atoms with E-state index >= 15 is 0 Å². The average molecular weight is 398 g/mol. The number of nitrogens with one attached hydrogen (secondary N) is 1. The third kappa shape index (κ3) is 7.77. The van der Waals surface area contributed by atoms with E-state index in [1.807, 2.05) is 26.0 Å². The molecular weight excluding hydrogens is 371 g/mol. The van der Waals surface area contributed by atoms with Gasteiger partial charge in [-0.25, -0.2) is 0 Å². The molecule has 0 aliphatic carbocycles. The maximum absolute atomic E-state index is 10.6. The van der Waals surface area contributed by atoms with Crippen LogP contribution in [0.25, 0.3) is 5.73 Å². The van der Waals surface area contributed by atoms with Crippen LogP contribution >= 0.6 is 0 Å². The Morgan fingerprint density at radius 2 is 1.74 bits per heavy atom. The van der Waals surface area contributed by atoms with Crippen LogP contribution in [0.4, 0.5) is 0 Å². The second-order valence-electron chi connectivity index (χ2n) is 5.22. The molecule has 1 rings (SSSR count). The second kappa shape index (κ2) is 12.0. The number of hydrogen-bond acceptors (Lipinski definition) is 4. The van der Waals surface area contributed by atoms with Crippen LogP contribution in [-0.4, -0.2) is 39.4 Å². The molecule has 0 aromatic heterocycles. The van der Waals surface area contributed by atoms with Crippen molar-refractivity contribution < 1.29 is 51.7 Å². The summed E-state index contributed by atoms with van der Waals surface area (Å²) >= 11 is 0. The summed E-state index contributed by atoms with van der Waals surface area (Å²) in [6, 6.07) is 5.20. The largest absolute Gasteiger partial charge is 0.671 e. The molecule has 1 radical (unpaired) electrons. The quantitative estimate of drug-likeness (QED) is 0.414. The van der Waals surface area contributed by atoms with Crippen molar-refractivity contribution in [1.29, 1.82) is 0 Å². The molecule has 0 aliphatic heterocycles. The first-order valence-corrected chi connectivity index (χ1v) is 7.00. The number of benzene rings is 1. The number of carbonyl (C=O) groups is 1. The number of ether oxygens (including phenoxy) is 3. The first-order chi connectivity index (χ1) is 10.2. The Kier molecular flexibility index (Phi) is 12.9. The summed E-state index contributed by atoms with van der Waals surface area (Å²) in [5, 5.41) is 0. The van der Waals surface area contributed by atoms with Crippen LogP contribution in [0.15, 0.2) is 18.2 Å². The van der Waals surface area contributed by atoms with E-state index in [0.29, 0.717) is 11.3 Å². The maximum atomic E-state index is 10.6. The third-order valence-electron chi connectivity index (χ3n) is 3.53. The number of hydrogen-bond donors (Lipinski definition) is 0. The molecule has 0 bridgehead atoms. The Morgan fingerprint density at radius 3 is 2.00 bits per heavy atom. The minimum absolute atomic E-state index is 0. The zero-order valence-corrected chi connectivity index (χ0v) is 17.9. The van der Waals surface area contributed by atoms with Crippen LogP contribution in [0, 0.1) is 5.92 Å². The summed E-state index contributed by atoms with van der Waals surface area (Å²) in [5.74, 6) is 1.09. The van der Waals surface area contributed by atoms with Gasteiger partial charge in [-0.05, 0) is 6.92 Å². The van der Waals surface area contributed by atoms with Gasteiger partial charge in [-0.3, -0.25) is 4.79 Å². The number of aldehydes is 1. The molecule has 0 fully saturated rings. The standard InChI is InChI=1S/C11H13O2.C6H14NO2.Y/c1-8(2)9-4-5-10(7-12)11(6-9)13-3;1-5(7)6(2,8-3)9-4;/h4-7H,1-3H3;5,7H,1-4H3;/q2*-1;. The first-order valence-electron chi connectivity index (χ1n) is 7.00. The molecule has 1 aromatic rings. The molecule has 0 saturated heterocycles. The van der Waals surface area contributed by atoms with E-state index in [1.165, 1.54) is 20.1 Å². The molecule has 1 unspecified atom stereocenters. The van der Waals surface area contributed by atoms with Crippen molar-refractivity contribution >= 4 is 6.29 Å². The van der Waals surface area contributed by atoms with Gasteiger partial charge in [0.15, 0.2) is 6.29 Å². The van der Waals surface area contributed by atoms with E-state index in [9.17, 15) is 4.79 Å². The predicted molar refractivity (Wildman–Crippen MR) is 88.3 cm³/mol. The van der Waals surface area contributed by atoms with Gasteiger partial charge < -0.3 is 19.9 Å². The fourth-order valence-corrected chi connectivity index (χ4v) is 1.56. The zero-order valence-electron chi connectivity index (χ0n) is 15.1. The van der Waals surface area contributed by atoms with Crippen molar-refractivity contribution in [3.05, 3.63) is 41.0 Å². The average Bonchev–Trinajstić information content (AvgIpc) is 2.53. The first kappa shape index (κ1) is 24.8. The van der Waals surface area contributed by atoms with Gasteiger partial charge in [0.05, 0.1) is 12.9 Å². The summed E-state index contributed by atoms with van der Waals surface area (Å²) in [4.78, 5) is 10.6. The van der Waals surface area contributed by atoms with Gasteiger partial charge in [-0.1, -0.05) is 26.8 Å². The van der Waals surface area contributed by atoms with Gasteiger partial charge in [0, 0.05) is 52.5 Å². The molecule has 0 amide bonds. The Balaban J connectivity index is 0. The van der Waals surface area contributed by atoms with Gasteiger partial charge in [-0.2, -0.15) is 17.5 Å². The van der Waals surface area contributed by atoms with E-state index in [2.05, 4.69) is 0 Å². The molecule has 5 nitrogen and oxygen atoms in total. The molecule has 0 heterocycles. The van der Waals surface area contributed by atoms with Crippen LogP contribution in [0.2, 0.25) is 0 Å². The molecule has 1 aromatic carbocycles. The number of methoxy groups -OCH3 is 3. The van der Waals surface area contributed by atoms with Crippen LogP contribution in [-0.2, 0) is 42.2 Å². The predicted octanol–water partition coefficient (Wildman–Crippen LogP) is 3.90. The van der Waals surface area contributed by atoms with Crippen molar-refractivity contribution in [3.63, 3.8) is 0 Å². The van der Waals surface area contributed by atoms with Crippen LogP contribution in [0.1, 0.15) is 43.6 Å². The number of rotatable bonds is 6. The fraction of sp³-hybridized carbons (Fsp3) is 0.529. The molecular formula is C17H27NO4Y-2. The van der Waals surface area contributed by atoms with Crippen LogP contribution in [0.5, 0.6) is 5.75 Å². The van der Waals surface area contributed by atoms with Crippen LogP contribution < -0.4 is 4.74 Å². The van der Waals surface area contributed by atoms with E-state index in [1.54, 1.807) is 27.0 Å². The van der Waals surface area contributed by atoms with Gasteiger partial charge in [0.2, 0.25) is 0 Å². The van der Waals surface area contributed by atoms with Gasteiger partial charge in [0.25, 0.3) is 0 Å². The van der Waals surface area contributed by atoms with E-state index < -0.39 is 5.79 Å². The topological polar surface area (TPSA) is 68.6 Å². The minimum Gasteiger partial charge on any atom is -0.671 e. The summed E-state index contributed by atoms with van der Waals surface area (Å²) in [6.07, 6.45) is 0.799. The van der Waals surface area contributed by atoms with Crippen molar-refractivity contribution in [2.45, 2.75) is 39.5 Å². The Bertz CT molecular complexity index is 460. The van der Waals surface area contributed by atoms with Crippen molar-refractivity contribution in [2.24, 2.45) is 0 Å². The summed E-state index contributed by atoms with van der Waals surface area (Å²) in [5.41, 5.74) is 8.97.